The summed E-state index contributed by atoms with van der Waals surface area (Å²) in [6, 6.07) is 15.1. The highest BCUT2D eigenvalue weighted by Crippen LogP contribution is 2.48. The van der Waals surface area contributed by atoms with Crippen molar-refractivity contribution in [3.63, 3.8) is 0 Å². The Hall–Kier alpha value is -2.66. The molecule has 0 aliphatic heterocycles. The van der Waals surface area contributed by atoms with E-state index >= 15 is 0 Å². The molecule has 2 aromatic carbocycles. The molecule has 120 valence electrons. The molecule has 1 aliphatic carbocycles. The molecule has 1 amide bonds. The number of halogens is 1. The van der Waals surface area contributed by atoms with Crippen LogP contribution in [0.1, 0.15) is 17.9 Å². The Balaban J connectivity index is 1.44. The van der Waals surface area contributed by atoms with Crippen LogP contribution >= 0.6 is 11.6 Å². The van der Waals surface area contributed by atoms with Crippen molar-refractivity contribution in [3.05, 3.63) is 65.5 Å². The lowest BCUT2D eigenvalue weighted by Gasteiger charge is -2.06. The van der Waals surface area contributed by atoms with Crippen molar-refractivity contribution in [2.75, 3.05) is 5.32 Å². The van der Waals surface area contributed by atoms with E-state index in [-0.39, 0.29) is 17.7 Å². The third-order valence-electron chi connectivity index (χ3n) is 4.16. The van der Waals surface area contributed by atoms with Gasteiger partial charge >= 0.3 is 0 Å². The normalized spacial score (nSPS) is 19.0. The first-order chi connectivity index (χ1) is 11.7. The van der Waals surface area contributed by atoms with Crippen LogP contribution in [-0.2, 0) is 4.79 Å². The molecule has 0 bridgehead atoms. The van der Waals surface area contributed by atoms with Gasteiger partial charge < -0.3 is 9.73 Å². The largest absolute Gasteiger partial charge is 0.423 e. The van der Waals surface area contributed by atoms with Gasteiger partial charge in [-0.05, 0) is 48.2 Å². The second kappa shape index (κ2) is 6.09. The number of rotatable bonds is 4. The van der Waals surface area contributed by atoms with Gasteiger partial charge in [0.1, 0.15) is 0 Å². The molecule has 1 heterocycles. The molecule has 1 fully saturated rings. The molecule has 1 aromatic heterocycles. The highest BCUT2D eigenvalue weighted by atomic mass is 35.5. The van der Waals surface area contributed by atoms with Gasteiger partial charge in [-0.15, -0.1) is 10.2 Å². The fourth-order valence-corrected chi connectivity index (χ4v) is 2.95. The van der Waals surface area contributed by atoms with Crippen molar-refractivity contribution in [2.45, 2.75) is 12.3 Å². The lowest BCUT2D eigenvalue weighted by atomic mass is 10.1. The number of hydrogen-bond donors (Lipinski definition) is 1. The summed E-state index contributed by atoms with van der Waals surface area (Å²) in [5, 5.41) is 11.2. The lowest BCUT2D eigenvalue weighted by molar-refractivity contribution is -0.117. The summed E-state index contributed by atoms with van der Waals surface area (Å²) >= 11 is 5.90. The summed E-state index contributed by atoms with van der Waals surface area (Å²) in [5.41, 5.74) is 2.65. The Labute approximate surface area is 143 Å². The second-order valence-corrected chi connectivity index (χ2v) is 6.25. The van der Waals surface area contributed by atoms with Crippen molar-refractivity contribution in [1.82, 2.24) is 10.2 Å². The average molecular weight is 340 g/mol. The van der Waals surface area contributed by atoms with Crippen molar-refractivity contribution >= 4 is 23.2 Å². The van der Waals surface area contributed by atoms with Crippen LogP contribution < -0.4 is 5.32 Å². The number of hydrogen-bond acceptors (Lipinski definition) is 4. The van der Waals surface area contributed by atoms with Crippen LogP contribution in [0.5, 0.6) is 0 Å². The van der Waals surface area contributed by atoms with Gasteiger partial charge in [0.15, 0.2) is 0 Å². The van der Waals surface area contributed by atoms with E-state index in [0.717, 1.165) is 23.2 Å². The molecular formula is C18H14ClN3O2. The maximum Gasteiger partial charge on any atom is 0.247 e. The number of amides is 1. The SMILES string of the molecule is O=C(Nc1cccc(-c2nnco2)c1)[C@@H]1C[C@@H]1c1ccc(Cl)cc1. The number of benzene rings is 2. The molecule has 6 heteroatoms. The summed E-state index contributed by atoms with van der Waals surface area (Å²) in [4.78, 5) is 12.4. The first-order valence-electron chi connectivity index (χ1n) is 7.63. The smallest absolute Gasteiger partial charge is 0.247 e. The Morgan fingerprint density at radius 3 is 2.79 bits per heavy atom. The maximum atomic E-state index is 12.4. The second-order valence-electron chi connectivity index (χ2n) is 5.81. The zero-order valence-corrected chi connectivity index (χ0v) is 13.4. The third kappa shape index (κ3) is 3.03. The number of carbonyl (C=O) groups excluding carboxylic acids is 1. The Morgan fingerprint density at radius 1 is 1.21 bits per heavy atom. The number of carbonyl (C=O) groups is 1. The highest BCUT2D eigenvalue weighted by molar-refractivity contribution is 6.30. The molecule has 0 spiro atoms. The van der Waals surface area contributed by atoms with Gasteiger partial charge in [-0.2, -0.15) is 0 Å². The summed E-state index contributed by atoms with van der Waals surface area (Å²) in [6.07, 6.45) is 2.14. The van der Waals surface area contributed by atoms with E-state index in [9.17, 15) is 4.79 Å². The van der Waals surface area contributed by atoms with E-state index in [1.807, 2.05) is 48.5 Å². The van der Waals surface area contributed by atoms with Gasteiger partial charge in [-0.25, -0.2) is 0 Å². The van der Waals surface area contributed by atoms with Gasteiger partial charge in [0.05, 0.1) is 0 Å². The van der Waals surface area contributed by atoms with Crippen LogP contribution in [0, 0.1) is 5.92 Å². The van der Waals surface area contributed by atoms with Gasteiger partial charge in [-0.1, -0.05) is 29.8 Å². The first kappa shape index (κ1) is 14.9. The molecule has 0 radical (unpaired) electrons. The Morgan fingerprint density at radius 2 is 2.04 bits per heavy atom. The van der Waals surface area contributed by atoms with Crippen LogP contribution in [-0.4, -0.2) is 16.1 Å². The third-order valence-corrected chi connectivity index (χ3v) is 4.41. The average Bonchev–Trinajstić information content (AvgIpc) is 3.20. The Bertz CT molecular complexity index is 862. The molecule has 1 N–H and O–H groups in total. The van der Waals surface area contributed by atoms with Gasteiger partial charge in [0, 0.05) is 22.2 Å². The standard InChI is InChI=1S/C18H14ClN3O2/c19-13-6-4-11(5-7-13)15-9-16(15)17(23)21-14-3-1-2-12(8-14)18-22-20-10-24-18/h1-8,10,15-16H,9H2,(H,21,23)/t15-,16-/m1/s1. The van der Waals surface area contributed by atoms with Crippen molar-refractivity contribution in [3.8, 4) is 11.5 Å². The molecule has 0 saturated heterocycles. The predicted octanol–water partition coefficient (Wildman–Crippen LogP) is 4.13. The monoisotopic (exact) mass is 339 g/mol. The van der Waals surface area contributed by atoms with Crippen molar-refractivity contribution in [2.24, 2.45) is 5.92 Å². The highest BCUT2D eigenvalue weighted by Gasteiger charge is 2.43. The minimum Gasteiger partial charge on any atom is -0.423 e. The summed E-state index contributed by atoms with van der Waals surface area (Å²) in [6.45, 7) is 0. The number of aromatic nitrogens is 2. The summed E-state index contributed by atoms with van der Waals surface area (Å²) < 4.78 is 5.18. The van der Waals surface area contributed by atoms with E-state index in [1.54, 1.807) is 0 Å². The van der Waals surface area contributed by atoms with E-state index in [0.29, 0.717) is 10.9 Å². The zero-order valence-electron chi connectivity index (χ0n) is 12.6. The van der Waals surface area contributed by atoms with Crippen LogP contribution in [0.4, 0.5) is 5.69 Å². The number of nitrogens with zero attached hydrogens (tertiary/aromatic N) is 2. The molecule has 1 saturated carbocycles. The minimum atomic E-state index is -0.00163. The van der Waals surface area contributed by atoms with Gasteiger partial charge in [-0.3, -0.25) is 4.79 Å². The van der Waals surface area contributed by atoms with Gasteiger partial charge in [0.2, 0.25) is 18.2 Å². The topological polar surface area (TPSA) is 68.0 Å². The molecule has 4 rings (SSSR count). The molecule has 0 unspecified atom stereocenters. The van der Waals surface area contributed by atoms with Crippen molar-refractivity contribution < 1.29 is 9.21 Å². The minimum absolute atomic E-state index is 0.00163. The van der Waals surface area contributed by atoms with Crippen LogP contribution in [0.25, 0.3) is 11.5 Å². The Kier molecular flexibility index (Phi) is 3.78. The van der Waals surface area contributed by atoms with Crippen LogP contribution in [0.15, 0.2) is 59.3 Å². The maximum absolute atomic E-state index is 12.4. The lowest BCUT2D eigenvalue weighted by Crippen LogP contribution is -2.14. The summed E-state index contributed by atoms with van der Waals surface area (Å²) in [5.74, 6) is 0.716. The van der Waals surface area contributed by atoms with E-state index in [1.165, 1.54) is 6.39 Å². The van der Waals surface area contributed by atoms with Crippen LogP contribution in [0.3, 0.4) is 0 Å². The first-order valence-corrected chi connectivity index (χ1v) is 8.01. The fraction of sp³-hybridized carbons (Fsp3) is 0.167. The fourth-order valence-electron chi connectivity index (χ4n) is 2.83. The van der Waals surface area contributed by atoms with E-state index < -0.39 is 0 Å². The number of anilines is 1. The molecule has 1 aliphatic rings. The zero-order chi connectivity index (χ0) is 16.5. The predicted molar refractivity (Wildman–Crippen MR) is 90.7 cm³/mol. The van der Waals surface area contributed by atoms with Gasteiger partial charge in [0.25, 0.3) is 0 Å². The molecule has 5 nitrogen and oxygen atoms in total. The van der Waals surface area contributed by atoms with E-state index in [4.69, 9.17) is 16.0 Å². The van der Waals surface area contributed by atoms with E-state index in [2.05, 4.69) is 15.5 Å². The molecule has 3 aromatic rings. The molecule has 24 heavy (non-hydrogen) atoms. The molecule has 2 atom stereocenters. The van der Waals surface area contributed by atoms with Crippen LogP contribution in [0.2, 0.25) is 5.02 Å². The molecular weight excluding hydrogens is 326 g/mol. The number of nitrogens with one attached hydrogen (secondary N) is 1. The summed E-state index contributed by atoms with van der Waals surface area (Å²) in [7, 11) is 0. The van der Waals surface area contributed by atoms with Crippen molar-refractivity contribution in [1.29, 1.82) is 0 Å². The quantitative estimate of drug-likeness (QED) is 0.776.